The fourth-order valence-electron chi connectivity index (χ4n) is 2.24. The molecular formula is C10H20. The van der Waals surface area contributed by atoms with Crippen LogP contribution in [0.25, 0.3) is 0 Å². The Morgan fingerprint density at radius 2 is 1.70 bits per heavy atom. The van der Waals surface area contributed by atoms with E-state index in [0.717, 1.165) is 0 Å². The van der Waals surface area contributed by atoms with Gasteiger partial charge in [0.2, 0.25) is 0 Å². The molecule has 0 heteroatoms. The predicted octanol–water partition coefficient (Wildman–Crippen LogP) is 3.61. The van der Waals surface area contributed by atoms with Gasteiger partial charge in [-0.15, -0.1) is 0 Å². The van der Waals surface area contributed by atoms with Crippen molar-refractivity contribution in [3.05, 3.63) is 0 Å². The Hall–Kier alpha value is 0. The molecule has 1 fully saturated rings. The second-order valence-electron chi connectivity index (χ2n) is 4.74. The van der Waals surface area contributed by atoms with E-state index in [2.05, 4.69) is 27.7 Å². The highest BCUT2D eigenvalue weighted by Crippen LogP contribution is 2.55. The van der Waals surface area contributed by atoms with Crippen LogP contribution in [0.15, 0.2) is 0 Å². The summed E-state index contributed by atoms with van der Waals surface area (Å²) in [6, 6.07) is 0. The van der Waals surface area contributed by atoms with Crippen LogP contribution in [0.2, 0.25) is 0 Å². The van der Waals surface area contributed by atoms with Crippen LogP contribution in [0.3, 0.4) is 0 Å². The highest BCUT2D eigenvalue weighted by Gasteiger charge is 2.44. The van der Waals surface area contributed by atoms with E-state index in [0.29, 0.717) is 10.8 Å². The van der Waals surface area contributed by atoms with Crippen LogP contribution in [0.1, 0.15) is 53.4 Å². The zero-order chi connectivity index (χ0) is 7.83. The molecule has 0 unspecified atom stereocenters. The van der Waals surface area contributed by atoms with Gasteiger partial charge >= 0.3 is 0 Å². The van der Waals surface area contributed by atoms with E-state index in [1.807, 2.05) is 0 Å². The minimum absolute atomic E-state index is 0.542. The van der Waals surface area contributed by atoms with Gasteiger partial charge in [-0.25, -0.2) is 0 Å². The van der Waals surface area contributed by atoms with Gasteiger partial charge in [0.05, 0.1) is 0 Å². The first-order valence-electron chi connectivity index (χ1n) is 4.52. The average molecular weight is 140 g/mol. The third kappa shape index (κ3) is 0.980. The molecule has 1 aliphatic carbocycles. The summed E-state index contributed by atoms with van der Waals surface area (Å²) in [7, 11) is 0. The number of hydrogen-bond acceptors (Lipinski definition) is 0. The lowest BCUT2D eigenvalue weighted by Gasteiger charge is -2.51. The Kier molecular flexibility index (Phi) is 1.82. The first-order valence-corrected chi connectivity index (χ1v) is 4.52. The van der Waals surface area contributed by atoms with Gasteiger partial charge in [-0.1, -0.05) is 34.1 Å². The van der Waals surface area contributed by atoms with Gasteiger partial charge in [0, 0.05) is 0 Å². The van der Waals surface area contributed by atoms with Gasteiger partial charge in [-0.3, -0.25) is 0 Å². The smallest absolute Gasteiger partial charge is 0.0251 e. The highest BCUT2D eigenvalue weighted by atomic mass is 14.5. The van der Waals surface area contributed by atoms with E-state index < -0.39 is 0 Å². The van der Waals surface area contributed by atoms with Crippen molar-refractivity contribution >= 4 is 0 Å². The maximum Gasteiger partial charge on any atom is -0.0251 e. The lowest BCUT2D eigenvalue weighted by Crippen LogP contribution is -2.41. The zero-order valence-electron chi connectivity index (χ0n) is 7.83. The third-order valence-corrected chi connectivity index (χ3v) is 3.58. The van der Waals surface area contributed by atoms with Crippen molar-refractivity contribution in [1.29, 1.82) is 0 Å². The summed E-state index contributed by atoms with van der Waals surface area (Å²) in [6.07, 6.45) is 5.77. The molecule has 1 aliphatic rings. The van der Waals surface area contributed by atoms with Crippen molar-refractivity contribution in [3.63, 3.8) is 0 Å². The molecule has 0 nitrogen and oxygen atoms in total. The molecule has 0 aromatic heterocycles. The molecule has 1 rings (SSSR count). The molecular weight excluding hydrogens is 120 g/mol. The lowest BCUT2D eigenvalue weighted by atomic mass is 9.54. The zero-order valence-corrected chi connectivity index (χ0v) is 7.83. The number of hydrogen-bond donors (Lipinski definition) is 0. The van der Waals surface area contributed by atoms with Crippen LogP contribution in [0.5, 0.6) is 0 Å². The molecule has 10 heavy (non-hydrogen) atoms. The van der Waals surface area contributed by atoms with Crippen LogP contribution in [0, 0.1) is 10.8 Å². The molecule has 0 aromatic rings. The van der Waals surface area contributed by atoms with E-state index in [-0.39, 0.29) is 0 Å². The van der Waals surface area contributed by atoms with Gasteiger partial charge < -0.3 is 0 Å². The van der Waals surface area contributed by atoms with E-state index in [1.54, 1.807) is 0 Å². The summed E-state index contributed by atoms with van der Waals surface area (Å²) >= 11 is 0. The lowest BCUT2D eigenvalue weighted by molar-refractivity contribution is -0.00691. The summed E-state index contributed by atoms with van der Waals surface area (Å²) in [6.45, 7) is 9.49. The minimum atomic E-state index is 0.542. The van der Waals surface area contributed by atoms with Gasteiger partial charge in [0.15, 0.2) is 0 Å². The van der Waals surface area contributed by atoms with Gasteiger partial charge in [-0.05, 0) is 30.1 Å². The van der Waals surface area contributed by atoms with Crippen molar-refractivity contribution in [3.8, 4) is 0 Å². The molecule has 0 heterocycles. The first-order chi connectivity index (χ1) is 4.52. The standard InChI is InChI=1S/C10H20/c1-5-10(7-6-8-10)9(2,3)4/h5-8H2,1-4H3. The van der Waals surface area contributed by atoms with Crippen molar-refractivity contribution in [2.75, 3.05) is 0 Å². The molecule has 0 saturated heterocycles. The SMILES string of the molecule is CCC1(C(C)(C)C)CCC1. The molecule has 0 N–H and O–H groups in total. The Bertz CT molecular complexity index is 107. The largest absolute Gasteiger partial charge is 0.0648 e. The van der Waals surface area contributed by atoms with Crippen LogP contribution in [-0.2, 0) is 0 Å². The monoisotopic (exact) mass is 140 g/mol. The molecule has 0 atom stereocenters. The highest BCUT2D eigenvalue weighted by molar-refractivity contribution is 4.95. The van der Waals surface area contributed by atoms with Gasteiger partial charge in [0.25, 0.3) is 0 Å². The maximum atomic E-state index is 2.38. The Balaban J connectivity index is 2.65. The Morgan fingerprint density at radius 3 is 1.70 bits per heavy atom. The molecule has 0 amide bonds. The Morgan fingerprint density at radius 1 is 1.20 bits per heavy atom. The van der Waals surface area contributed by atoms with Gasteiger partial charge in [-0.2, -0.15) is 0 Å². The summed E-state index contributed by atoms with van der Waals surface area (Å²) in [5.41, 5.74) is 1.24. The van der Waals surface area contributed by atoms with Crippen molar-refractivity contribution < 1.29 is 0 Å². The van der Waals surface area contributed by atoms with Crippen molar-refractivity contribution in [2.24, 2.45) is 10.8 Å². The quantitative estimate of drug-likeness (QED) is 0.522. The topological polar surface area (TPSA) is 0 Å². The van der Waals surface area contributed by atoms with E-state index in [4.69, 9.17) is 0 Å². The van der Waals surface area contributed by atoms with E-state index in [1.165, 1.54) is 25.7 Å². The summed E-state index contributed by atoms with van der Waals surface area (Å²) in [5, 5.41) is 0. The van der Waals surface area contributed by atoms with Crippen LogP contribution < -0.4 is 0 Å². The predicted molar refractivity (Wildman–Crippen MR) is 46.0 cm³/mol. The molecule has 60 valence electrons. The number of rotatable bonds is 1. The fraction of sp³-hybridized carbons (Fsp3) is 1.00. The fourth-order valence-corrected chi connectivity index (χ4v) is 2.24. The van der Waals surface area contributed by atoms with E-state index in [9.17, 15) is 0 Å². The van der Waals surface area contributed by atoms with Crippen LogP contribution in [0.4, 0.5) is 0 Å². The minimum Gasteiger partial charge on any atom is -0.0648 e. The average Bonchev–Trinajstić information content (AvgIpc) is 1.58. The van der Waals surface area contributed by atoms with Gasteiger partial charge in [0.1, 0.15) is 0 Å². The van der Waals surface area contributed by atoms with Crippen LogP contribution in [-0.4, -0.2) is 0 Å². The maximum absolute atomic E-state index is 2.38. The second-order valence-corrected chi connectivity index (χ2v) is 4.74. The normalized spacial score (nSPS) is 24.0. The summed E-state index contributed by atoms with van der Waals surface area (Å²) in [4.78, 5) is 0. The molecule has 0 aromatic carbocycles. The molecule has 0 aliphatic heterocycles. The molecule has 0 radical (unpaired) electrons. The van der Waals surface area contributed by atoms with Crippen molar-refractivity contribution in [1.82, 2.24) is 0 Å². The third-order valence-electron chi connectivity index (χ3n) is 3.58. The molecule has 1 saturated carbocycles. The molecule has 0 bridgehead atoms. The van der Waals surface area contributed by atoms with E-state index >= 15 is 0 Å². The van der Waals surface area contributed by atoms with Crippen molar-refractivity contribution in [2.45, 2.75) is 53.4 Å². The summed E-state index contributed by atoms with van der Waals surface area (Å²) in [5.74, 6) is 0. The van der Waals surface area contributed by atoms with Crippen LogP contribution >= 0.6 is 0 Å². The first kappa shape index (κ1) is 8.10. The Labute approximate surface area is 65.0 Å². The second kappa shape index (κ2) is 2.25. The molecule has 0 spiro atoms. The summed E-state index contributed by atoms with van der Waals surface area (Å²) < 4.78 is 0.